The fourth-order valence-electron chi connectivity index (χ4n) is 1.67. The van der Waals surface area contributed by atoms with Crippen molar-refractivity contribution in [1.82, 2.24) is 5.32 Å². The molecule has 0 spiro atoms. The van der Waals surface area contributed by atoms with E-state index in [9.17, 15) is 4.79 Å². The van der Waals surface area contributed by atoms with Crippen LogP contribution in [0.5, 0.6) is 0 Å². The molecule has 1 saturated carbocycles. The van der Waals surface area contributed by atoms with Crippen LogP contribution in [0.25, 0.3) is 0 Å². The van der Waals surface area contributed by atoms with Gasteiger partial charge in [-0.05, 0) is 52.9 Å². The molecule has 0 aliphatic heterocycles. The molecule has 2 rings (SSSR count). The van der Waals surface area contributed by atoms with Crippen LogP contribution in [0.15, 0.2) is 22.7 Å². The van der Waals surface area contributed by atoms with Gasteiger partial charge >= 0.3 is 0 Å². The van der Waals surface area contributed by atoms with Gasteiger partial charge in [-0.25, -0.2) is 0 Å². The Morgan fingerprint density at radius 2 is 2.29 bits per heavy atom. The number of nitrogens with two attached hydrogens (primary N) is 1. The van der Waals surface area contributed by atoms with Gasteiger partial charge in [0.25, 0.3) is 5.91 Å². The van der Waals surface area contributed by atoms with E-state index in [2.05, 4.69) is 21.2 Å². The zero-order chi connectivity index (χ0) is 12.4. The number of halogens is 2. The van der Waals surface area contributed by atoms with E-state index in [0.717, 1.165) is 0 Å². The average Bonchev–Trinajstić information content (AvgIpc) is 3.09. The van der Waals surface area contributed by atoms with Gasteiger partial charge in [0.05, 0.1) is 5.56 Å². The molecule has 92 valence electrons. The van der Waals surface area contributed by atoms with Crippen LogP contribution in [0.1, 0.15) is 23.2 Å². The normalized spacial score (nSPS) is 16.6. The minimum atomic E-state index is -0.121. The van der Waals surface area contributed by atoms with E-state index in [1.54, 1.807) is 18.2 Å². The summed E-state index contributed by atoms with van der Waals surface area (Å²) in [5.41, 5.74) is 6.50. The number of carbonyl (C=O) groups is 1. The molecule has 0 saturated heterocycles. The molecule has 1 atom stereocenters. The van der Waals surface area contributed by atoms with E-state index in [1.165, 1.54) is 12.8 Å². The summed E-state index contributed by atoms with van der Waals surface area (Å²) in [4.78, 5) is 11.9. The molecule has 0 bridgehead atoms. The van der Waals surface area contributed by atoms with Crippen molar-refractivity contribution in [3.05, 3.63) is 33.3 Å². The van der Waals surface area contributed by atoms with Gasteiger partial charge in [-0.15, -0.1) is 0 Å². The first-order chi connectivity index (χ1) is 8.08. The minimum Gasteiger partial charge on any atom is -0.350 e. The lowest BCUT2D eigenvalue weighted by Gasteiger charge is -2.12. The van der Waals surface area contributed by atoms with Crippen molar-refractivity contribution in [3.8, 4) is 0 Å². The van der Waals surface area contributed by atoms with Gasteiger partial charge in [-0.1, -0.05) is 11.6 Å². The summed E-state index contributed by atoms with van der Waals surface area (Å²) in [6, 6.07) is 5.18. The second-order valence-corrected chi connectivity index (χ2v) is 5.63. The Bertz CT molecular complexity index is 435. The van der Waals surface area contributed by atoms with E-state index < -0.39 is 0 Å². The van der Waals surface area contributed by atoms with Crippen molar-refractivity contribution in [3.63, 3.8) is 0 Å². The zero-order valence-corrected chi connectivity index (χ0v) is 11.6. The molecule has 1 aliphatic carbocycles. The molecule has 1 aromatic rings. The first-order valence-electron chi connectivity index (χ1n) is 5.57. The quantitative estimate of drug-likeness (QED) is 0.897. The van der Waals surface area contributed by atoms with Crippen molar-refractivity contribution in [2.45, 2.75) is 18.9 Å². The van der Waals surface area contributed by atoms with Crippen LogP contribution in [0.3, 0.4) is 0 Å². The Morgan fingerprint density at radius 3 is 2.88 bits per heavy atom. The summed E-state index contributed by atoms with van der Waals surface area (Å²) in [6.07, 6.45) is 2.36. The third-order valence-corrected chi connectivity index (χ3v) is 3.79. The monoisotopic (exact) mass is 316 g/mol. The van der Waals surface area contributed by atoms with Crippen LogP contribution in [-0.4, -0.2) is 18.5 Å². The standard InChI is InChI=1S/C12H14BrClN2O/c13-10-5-8(14)3-4-9(10)12(17)16-6-11(15)7-1-2-7/h3-5,7,11H,1-2,6,15H2,(H,16,17). The molecule has 3 N–H and O–H groups in total. The van der Waals surface area contributed by atoms with Gasteiger partial charge < -0.3 is 11.1 Å². The Morgan fingerprint density at radius 1 is 1.59 bits per heavy atom. The van der Waals surface area contributed by atoms with Gasteiger partial charge in [0.1, 0.15) is 0 Å². The fourth-order valence-corrected chi connectivity index (χ4v) is 2.53. The number of benzene rings is 1. The summed E-state index contributed by atoms with van der Waals surface area (Å²) >= 11 is 9.14. The molecule has 1 fully saturated rings. The second kappa shape index (κ2) is 5.38. The Labute approximate surface area is 114 Å². The van der Waals surface area contributed by atoms with Crippen molar-refractivity contribution >= 4 is 33.4 Å². The Kier molecular flexibility index (Phi) is 4.07. The lowest BCUT2D eigenvalue weighted by Crippen LogP contribution is -2.38. The predicted molar refractivity (Wildman–Crippen MR) is 72.2 cm³/mol. The Balaban J connectivity index is 1.94. The van der Waals surface area contributed by atoms with E-state index in [0.29, 0.717) is 27.5 Å². The van der Waals surface area contributed by atoms with Crippen molar-refractivity contribution < 1.29 is 4.79 Å². The lowest BCUT2D eigenvalue weighted by molar-refractivity contribution is 0.0949. The maximum Gasteiger partial charge on any atom is 0.252 e. The molecule has 3 nitrogen and oxygen atoms in total. The third-order valence-electron chi connectivity index (χ3n) is 2.90. The highest BCUT2D eigenvalue weighted by atomic mass is 79.9. The highest BCUT2D eigenvalue weighted by molar-refractivity contribution is 9.10. The highest BCUT2D eigenvalue weighted by Gasteiger charge is 2.28. The van der Waals surface area contributed by atoms with E-state index >= 15 is 0 Å². The second-order valence-electron chi connectivity index (χ2n) is 4.34. The molecule has 0 aromatic heterocycles. The van der Waals surface area contributed by atoms with Crippen LogP contribution < -0.4 is 11.1 Å². The van der Waals surface area contributed by atoms with Crippen LogP contribution in [0.2, 0.25) is 5.02 Å². The molecular weight excluding hydrogens is 304 g/mol. The number of carbonyl (C=O) groups excluding carboxylic acids is 1. The number of rotatable bonds is 4. The van der Waals surface area contributed by atoms with Crippen molar-refractivity contribution in [1.29, 1.82) is 0 Å². The van der Waals surface area contributed by atoms with Crippen molar-refractivity contribution in [2.24, 2.45) is 11.7 Å². The maximum absolute atomic E-state index is 11.9. The smallest absolute Gasteiger partial charge is 0.252 e. The lowest BCUT2D eigenvalue weighted by atomic mass is 10.2. The van der Waals surface area contributed by atoms with Gasteiger partial charge in [-0.3, -0.25) is 4.79 Å². The summed E-state index contributed by atoms with van der Waals surface area (Å²) in [7, 11) is 0. The largest absolute Gasteiger partial charge is 0.350 e. The molecule has 1 aliphatic rings. The molecule has 5 heteroatoms. The SMILES string of the molecule is NC(CNC(=O)c1ccc(Cl)cc1Br)C1CC1. The zero-order valence-electron chi connectivity index (χ0n) is 9.25. The van der Waals surface area contributed by atoms with Crippen LogP contribution >= 0.6 is 27.5 Å². The van der Waals surface area contributed by atoms with Crippen molar-refractivity contribution in [2.75, 3.05) is 6.54 Å². The average molecular weight is 318 g/mol. The molecule has 17 heavy (non-hydrogen) atoms. The molecular formula is C12H14BrClN2O. The highest BCUT2D eigenvalue weighted by Crippen LogP contribution is 2.31. The maximum atomic E-state index is 11.9. The first kappa shape index (κ1) is 12.9. The van der Waals surface area contributed by atoms with Gasteiger partial charge in [0, 0.05) is 22.1 Å². The van der Waals surface area contributed by atoms with E-state index in [-0.39, 0.29) is 11.9 Å². The van der Waals surface area contributed by atoms with Gasteiger partial charge in [0.2, 0.25) is 0 Å². The molecule has 1 unspecified atom stereocenters. The summed E-state index contributed by atoms with van der Waals surface area (Å²) in [5.74, 6) is 0.466. The first-order valence-corrected chi connectivity index (χ1v) is 6.74. The number of amides is 1. The van der Waals surface area contributed by atoms with E-state index in [1.807, 2.05) is 0 Å². The van der Waals surface area contributed by atoms with Crippen LogP contribution in [0.4, 0.5) is 0 Å². The third kappa shape index (κ3) is 3.44. The number of nitrogens with one attached hydrogen (secondary N) is 1. The molecule has 0 radical (unpaired) electrons. The number of hydrogen-bond donors (Lipinski definition) is 2. The van der Waals surface area contributed by atoms with Gasteiger partial charge in [0.15, 0.2) is 0 Å². The van der Waals surface area contributed by atoms with Crippen LogP contribution in [0, 0.1) is 5.92 Å². The molecule has 0 heterocycles. The summed E-state index contributed by atoms with van der Waals surface area (Å²) in [6.45, 7) is 0.526. The summed E-state index contributed by atoms with van der Waals surface area (Å²) in [5, 5.41) is 3.44. The topological polar surface area (TPSA) is 55.1 Å². The van der Waals surface area contributed by atoms with Crippen LogP contribution in [-0.2, 0) is 0 Å². The Hall–Kier alpha value is -0.580. The number of hydrogen-bond acceptors (Lipinski definition) is 2. The fraction of sp³-hybridized carbons (Fsp3) is 0.417. The minimum absolute atomic E-state index is 0.0741. The predicted octanol–water partition coefficient (Wildman–Crippen LogP) is 2.57. The summed E-state index contributed by atoms with van der Waals surface area (Å²) < 4.78 is 0.697. The van der Waals surface area contributed by atoms with E-state index in [4.69, 9.17) is 17.3 Å². The molecule has 1 amide bonds. The molecule has 1 aromatic carbocycles. The van der Waals surface area contributed by atoms with Gasteiger partial charge in [-0.2, -0.15) is 0 Å².